The van der Waals surface area contributed by atoms with Crippen LogP contribution in [0.3, 0.4) is 0 Å². The average Bonchev–Trinajstić information content (AvgIpc) is 3.20. The van der Waals surface area contributed by atoms with Gasteiger partial charge in [-0.1, -0.05) is 41.0 Å². The van der Waals surface area contributed by atoms with E-state index in [0.717, 1.165) is 10.1 Å². The van der Waals surface area contributed by atoms with Gasteiger partial charge in [0.25, 0.3) is 5.91 Å². The molecule has 0 aliphatic carbocycles. The summed E-state index contributed by atoms with van der Waals surface area (Å²) in [6.45, 7) is 0. The third-order valence-electron chi connectivity index (χ3n) is 3.46. The van der Waals surface area contributed by atoms with Crippen LogP contribution in [0.25, 0.3) is 21.5 Å². The van der Waals surface area contributed by atoms with Crippen LogP contribution in [0.1, 0.15) is 9.67 Å². The highest BCUT2D eigenvalue weighted by atomic mass is 35.5. The number of carbonyl (C=O) groups is 1. The van der Waals surface area contributed by atoms with Crippen LogP contribution in [-0.4, -0.2) is 16.1 Å². The molecule has 2 aromatic heterocycles. The number of nitrogens with zero attached hydrogens (tertiary/aromatic N) is 2. The summed E-state index contributed by atoms with van der Waals surface area (Å²) in [6, 6.07) is 13.1. The quantitative estimate of drug-likeness (QED) is 0.549. The van der Waals surface area contributed by atoms with E-state index in [1.54, 1.807) is 6.07 Å². The minimum atomic E-state index is -0.444. The summed E-state index contributed by atoms with van der Waals surface area (Å²) in [6.07, 6.45) is 0. The molecule has 0 fully saturated rings. The van der Waals surface area contributed by atoms with Crippen molar-refractivity contribution in [2.24, 2.45) is 0 Å². The van der Waals surface area contributed by atoms with Crippen LogP contribution in [0, 0.1) is 5.82 Å². The number of benzene rings is 2. The van der Waals surface area contributed by atoms with Crippen molar-refractivity contribution in [3.63, 3.8) is 0 Å². The maximum absolute atomic E-state index is 13.3. The minimum Gasteiger partial charge on any atom is -0.403 e. The number of rotatable bonds is 3. The van der Waals surface area contributed by atoms with Crippen LogP contribution in [0.5, 0.6) is 0 Å². The number of thiophene rings is 1. The van der Waals surface area contributed by atoms with E-state index in [2.05, 4.69) is 15.5 Å². The van der Waals surface area contributed by atoms with Crippen LogP contribution >= 0.6 is 22.9 Å². The Balaban J connectivity index is 1.60. The Morgan fingerprint density at radius 2 is 2.00 bits per heavy atom. The van der Waals surface area contributed by atoms with Crippen molar-refractivity contribution in [2.75, 3.05) is 5.32 Å². The fraction of sp³-hybridized carbons (Fsp3) is 0. The Labute approximate surface area is 150 Å². The van der Waals surface area contributed by atoms with Crippen molar-refractivity contribution in [1.82, 2.24) is 10.2 Å². The molecule has 0 aliphatic rings. The molecule has 0 saturated carbocycles. The van der Waals surface area contributed by atoms with Crippen molar-refractivity contribution >= 4 is 44.9 Å². The Kier molecular flexibility index (Phi) is 3.95. The van der Waals surface area contributed by atoms with Crippen molar-refractivity contribution in [3.05, 3.63) is 64.2 Å². The van der Waals surface area contributed by atoms with Crippen LogP contribution in [0.4, 0.5) is 10.4 Å². The number of anilines is 1. The first-order valence-corrected chi connectivity index (χ1v) is 8.39. The zero-order valence-electron chi connectivity index (χ0n) is 12.5. The van der Waals surface area contributed by atoms with E-state index in [1.165, 1.54) is 29.5 Å². The summed E-state index contributed by atoms with van der Waals surface area (Å²) in [5.41, 5.74) is 0.424. The fourth-order valence-electron chi connectivity index (χ4n) is 2.33. The highest BCUT2D eigenvalue weighted by Gasteiger charge is 2.19. The molecule has 1 N–H and O–H groups in total. The molecule has 124 valence electrons. The van der Waals surface area contributed by atoms with Crippen molar-refractivity contribution in [2.45, 2.75) is 0 Å². The molecule has 1 amide bonds. The molecular weight excluding hydrogens is 365 g/mol. The number of halogens is 2. The summed E-state index contributed by atoms with van der Waals surface area (Å²) >= 11 is 7.55. The number of aromatic nitrogens is 2. The lowest BCUT2D eigenvalue weighted by Crippen LogP contribution is -2.10. The largest absolute Gasteiger partial charge is 0.403 e. The van der Waals surface area contributed by atoms with Crippen molar-refractivity contribution in [3.8, 4) is 11.5 Å². The molecule has 4 aromatic rings. The van der Waals surface area contributed by atoms with Gasteiger partial charge in [-0.25, -0.2) is 4.39 Å². The van der Waals surface area contributed by atoms with E-state index >= 15 is 0 Å². The van der Waals surface area contributed by atoms with Gasteiger partial charge in [-0.3, -0.25) is 10.1 Å². The van der Waals surface area contributed by atoms with Gasteiger partial charge >= 0.3 is 6.01 Å². The second-order valence-corrected chi connectivity index (χ2v) is 6.55. The Bertz CT molecular complexity index is 1090. The average molecular weight is 374 g/mol. The summed E-state index contributed by atoms with van der Waals surface area (Å²) < 4.78 is 19.5. The van der Waals surface area contributed by atoms with E-state index in [1.807, 2.05) is 24.3 Å². The number of carbonyl (C=O) groups excluding carboxylic acids is 1. The smallest absolute Gasteiger partial charge is 0.322 e. The van der Waals surface area contributed by atoms with Gasteiger partial charge in [0.2, 0.25) is 5.89 Å². The Morgan fingerprint density at radius 1 is 1.16 bits per heavy atom. The summed E-state index contributed by atoms with van der Waals surface area (Å²) in [4.78, 5) is 12.8. The van der Waals surface area contributed by atoms with Gasteiger partial charge in [0.15, 0.2) is 0 Å². The van der Waals surface area contributed by atoms with Crippen LogP contribution < -0.4 is 5.32 Å². The molecular formula is C17H9ClFN3O2S. The molecule has 0 radical (unpaired) electrons. The standard InChI is InChI=1S/C17H9ClFN3O2S/c18-13-11-6-1-2-7-12(11)25-14(13)15(23)20-17-22-21-16(24-17)9-4-3-5-10(19)8-9/h1-8H,(H,20,22,23). The predicted molar refractivity (Wildman–Crippen MR) is 94.5 cm³/mol. The molecule has 25 heavy (non-hydrogen) atoms. The maximum atomic E-state index is 13.3. The zero-order chi connectivity index (χ0) is 17.4. The number of nitrogens with one attached hydrogen (secondary N) is 1. The number of hydrogen-bond acceptors (Lipinski definition) is 5. The molecule has 2 aromatic carbocycles. The second kappa shape index (κ2) is 6.27. The van der Waals surface area contributed by atoms with Gasteiger partial charge in [0.1, 0.15) is 10.7 Å². The molecule has 0 saturated heterocycles. The van der Waals surface area contributed by atoms with Gasteiger partial charge in [0.05, 0.1) is 5.02 Å². The fourth-order valence-corrected chi connectivity index (χ4v) is 3.74. The lowest BCUT2D eigenvalue weighted by atomic mass is 10.2. The summed E-state index contributed by atoms with van der Waals surface area (Å²) in [5, 5.41) is 11.3. The minimum absolute atomic E-state index is 0.0854. The van der Waals surface area contributed by atoms with Gasteiger partial charge in [-0.05, 0) is 24.3 Å². The third-order valence-corrected chi connectivity index (χ3v) is 5.13. The van der Waals surface area contributed by atoms with Crippen LogP contribution in [0.2, 0.25) is 5.02 Å². The zero-order valence-corrected chi connectivity index (χ0v) is 14.1. The van der Waals surface area contributed by atoms with E-state index in [-0.39, 0.29) is 11.9 Å². The first kappa shape index (κ1) is 15.7. The number of amides is 1. The summed E-state index contributed by atoms with van der Waals surface area (Å²) in [7, 11) is 0. The SMILES string of the molecule is O=C(Nc1nnc(-c2cccc(F)c2)o1)c1sc2ccccc2c1Cl. The van der Waals surface area contributed by atoms with E-state index in [0.29, 0.717) is 15.5 Å². The van der Waals surface area contributed by atoms with Gasteiger partial charge in [-0.15, -0.1) is 16.4 Å². The van der Waals surface area contributed by atoms with Crippen molar-refractivity contribution in [1.29, 1.82) is 0 Å². The molecule has 2 heterocycles. The molecule has 0 unspecified atom stereocenters. The molecule has 8 heteroatoms. The molecule has 0 atom stereocenters. The lowest BCUT2D eigenvalue weighted by Gasteiger charge is -1.98. The van der Waals surface area contributed by atoms with E-state index in [9.17, 15) is 9.18 Å². The Hall–Kier alpha value is -2.77. The van der Waals surface area contributed by atoms with Crippen LogP contribution in [0.15, 0.2) is 52.9 Å². The number of fused-ring (bicyclic) bond motifs is 1. The predicted octanol–water partition coefficient (Wildman–Crippen LogP) is 5.00. The lowest BCUT2D eigenvalue weighted by molar-refractivity contribution is 0.102. The molecule has 0 bridgehead atoms. The highest BCUT2D eigenvalue weighted by molar-refractivity contribution is 7.21. The van der Waals surface area contributed by atoms with E-state index in [4.69, 9.17) is 16.0 Å². The Morgan fingerprint density at radius 3 is 2.80 bits per heavy atom. The normalized spacial score (nSPS) is 11.0. The third kappa shape index (κ3) is 2.99. The molecule has 5 nitrogen and oxygen atoms in total. The first-order valence-electron chi connectivity index (χ1n) is 7.19. The van der Waals surface area contributed by atoms with Crippen molar-refractivity contribution < 1.29 is 13.6 Å². The monoisotopic (exact) mass is 373 g/mol. The van der Waals surface area contributed by atoms with Gasteiger partial charge in [0, 0.05) is 15.6 Å². The molecule has 0 spiro atoms. The van der Waals surface area contributed by atoms with E-state index < -0.39 is 11.7 Å². The number of hydrogen-bond donors (Lipinski definition) is 1. The maximum Gasteiger partial charge on any atom is 0.322 e. The van der Waals surface area contributed by atoms with Gasteiger partial charge < -0.3 is 4.42 Å². The first-order chi connectivity index (χ1) is 12.1. The second-order valence-electron chi connectivity index (χ2n) is 5.12. The summed E-state index contributed by atoms with van der Waals surface area (Å²) in [5.74, 6) is -0.753. The van der Waals surface area contributed by atoms with Crippen LogP contribution in [-0.2, 0) is 0 Å². The highest BCUT2D eigenvalue weighted by Crippen LogP contribution is 2.35. The van der Waals surface area contributed by atoms with Gasteiger partial charge in [-0.2, -0.15) is 0 Å². The molecule has 0 aliphatic heterocycles. The topological polar surface area (TPSA) is 68.0 Å². The molecule has 4 rings (SSSR count).